The van der Waals surface area contributed by atoms with Gasteiger partial charge in [0.1, 0.15) is 5.82 Å². The summed E-state index contributed by atoms with van der Waals surface area (Å²) < 4.78 is 1.52. The first-order valence-electron chi connectivity index (χ1n) is 12.8. The van der Waals surface area contributed by atoms with Gasteiger partial charge in [0.05, 0.1) is 11.1 Å². The molecule has 7 nitrogen and oxygen atoms in total. The number of nitrogens with zero attached hydrogens (tertiary/aromatic N) is 4. The first kappa shape index (κ1) is 22.3. The third kappa shape index (κ3) is 3.03. The van der Waals surface area contributed by atoms with Crippen LogP contribution in [0.4, 0.5) is 10.6 Å². The molecule has 1 amide bonds. The highest BCUT2D eigenvalue weighted by Crippen LogP contribution is 2.46. The number of benzene rings is 1. The van der Waals surface area contributed by atoms with Gasteiger partial charge in [-0.1, -0.05) is 39.0 Å². The SMILES string of the molecule is CCC1(N2CCN(c3cc4c(cn3)C(=O)c3c(n(C(N)=O)c5ccccc35)C4(C)C)CC2)CCC1. The van der Waals surface area contributed by atoms with Gasteiger partial charge in [-0.3, -0.25) is 14.3 Å². The molecule has 1 saturated heterocycles. The van der Waals surface area contributed by atoms with Crippen LogP contribution in [0, 0.1) is 0 Å². The standard InChI is InChI=1S/C28H33N5O2/c1-4-28(10-7-11-28)32-14-12-31(13-15-32)22-16-20-19(17-30-22)24(34)23-18-8-5-6-9-21(18)33(26(29)35)25(23)27(20,2)3/h5-6,8-9,16-17H,4,7,10-15H2,1-3H3,(H2,29,35). The minimum Gasteiger partial charge on any atom is -0.354 e. The predicted octanol–water partition coefficient (Wildman–Crippen LogP) is 4.29. The van der Waals surface area contributed by atoms with Crippen LogP contribution in [0.2, 0.25) is 0 Å². The van der Waals surface area contributed by atoms with Crippen LogP contribution in [-0.2, 0) is 5.41 Å². The molecule has 6 rings (SSSR count). The van der Waals surface area contributed by atoms with E-state index in [2.05, 4.69) is 36.6 Å². The zero-order chi connectivity index (χ0) is 24.5. The molecule has 1 aliphatic heterocycles. The fraction of sp³-hybridized carbons (Fsp3) is 0.464. The first-order chi connectivity index (χ1) is 16.8. The van der Waals surface area contributed by atoms with Crippen molar-refractivity contribution in [3.05, 3.63) is 58.9 Å². The van der Waals surface area contributed by atoms with Gasteiger partial charge in [0, 0.05) is 60.0 Å². The van der Waals surface area contributed by atoms with Gasteiger partial charge >= 0.3 is 6.03 Å². The molecule has 2 aromatic heterocycles. The number of fused-ring (bicyclic) bond motifs is 4. The van der Waals surface area contributed by atoms with Crippen LogP contribution in [0.5, 0.6) is 0 Å². The van der Waals surface area contributed by atoms with E-state index in [1.807, 2.05) is 24.3 Å². The van der Waals surface area contributed by atoms with Crippen LogP contribution in [0.1, 0.15) is 73.6 Å². The zero-order valence-electron chi connectivity index (χ0n) is 20.8. The summed E-state index contributed by atoms with van der Waals surface area (Å²) in [6.45, 7) is 10.4. The highest BCUT2D eigenvalue weighted by molar-refractivity contribution is 6.21. The second kappa shape index (κ2) is 7.65. The number of piperazine rings is 1. The molecule has 2 fully saturated rings. The number of primary amides is 1. The smallest absolute Gasteiger partial charge is 0.323 e. The Morgan fingerprint density at radius 2 is 1.83 bits per heavy atom. The summed E-state index contributed by atoms with van der Waals surface area (Å²) in [5.74, 6) is 0.804. The molecular formula is C28H33N5O2. The van der Waals surface area contributed by atoms with Crippen molar-refractivity contribution in [1.82, 2.24) is 14.5 Å². The van der Waals surface area contributed by atoms with Crippen molar-refractivity contribution in [2.75, 3.05) is 31.1 Å². The minimum absolute atomic E-state index is 0.0933. The number of para-hydroxylation sites is 1. The Bertz CT molecular complexity index is 1350. The quantitative estimate of drug-likeness (QED) is 0.616. The lowest BCUT2D eigenvalue weighted by molar-refractivity contribution is 0.00826. The van der Waals surface area contributed by atoms with Crippen molar-refractivity contribution in [2.24, 2.45) is 5.73 Å². The molecule has 0 bridgehead atoms. The molecule has 1 saturated carbocycles. The Hall–Kier alpha value is -3.19. The number of amides is 1. The van der Waals surface area contributed by atoms with E-state index in [-0.39, 0.29) is 5.78 Å². The van der Waals surface area contributed by atoms with Gasteiger partial charge in [-0.05, 0) is 43.4 Å². The molecule has 182 valence electrons. The summed E-state index contributed by atoms with van der Waals surface area (Å²) in [5.41, 5.74) is 9.06. The van der Waals surface area contributed by atoms with Crippen molar-refractivity contribution >= 4 is 28.5 Å². The topological polar surface area (TPSA) is 84.5 Å². The maximum atomic E-state index is 13.7. The Morgan fingerprint density at radius 1 is 1.11 bits per heavy atom. The average molecular weight is 472 g/mol. The second-order valence-electron chi connectivity index (χ2n) is 10.9. The van der Waals surface area contributed by atoms with Crippen molar-refractivity contribution in [3.63, 3.8) is 0 Å². The molecule has 1 aromatic carbocycles. The van der Waals surface area contributed by atoms with E-state index in [0.717, 1.165) is 42.9 Å². The van der Waals surface area contributed by atoms with Gasteiger partial charge in [-0.25, -0.2) is 9.78 Å². The van der Waals surface area contributed by atoms with Crippen molar-refractivity contribution in [2.45, 2.75) is 57.4 Å². The van der Waals surface area contributed by atoms with Gasteiger partial charge in [0.25, 0.3) is 0 Å². The molecule has 3 heterocycles. The predicted molar refractivity (Wildman–Crippen MR) is 137 cm³/mol. The van der Waals surface area contributed by atoms with E-state index in [0.29, 0.717) is 27.9 Å². The average Bonchev–Trinajstić information content (AvgIpc) is 3.20. The largest absolute Gasteiger partial charge is 0.354 e. The van der Waals surface area contributed by atoms with Gasteiger partial charge in [0.2, 0.25) is 0 Å². The fourth-order valence-corrected chi connectivity index (χ4v) is 6.76. The molecule has 2 N–H and O–H groups in total. The molecule has 3 aromatic rings. The summed E-state index contributed by atoms with van der Waals surface area (Å²) >= 11 is 0. The van der Waals surface area contributed by atoms with E-state index >= 15 is 0 Å². The van der Waals surface area contributed by atoms with Crippen LogP contribution in [0.3, 0.4) is 0 Å². The molecule has 3 aliphatic rings. The number of carbonyl (C=O) groups excluding carboxylic acids is 2. The summed E-state index contributed by atoms with van der Waals surface area (Å²) in [4.78, 5) is 36.1. The van der Waals surface area contributed by atoms with Crippen molar-refractivity contribution in [1.29, 1.82) is 0 Å². The number of ketones is 1. The first-order valence-corrected chi connectivity index (χ1v) is 12.8. The molecule has 0 atom stereocenters. The van der Waals surface area contributed by atoms with Crippen LogP contribution in [0.15, 0.2) is 36.5 Å². The second-order valence-corrected chi connectivity index (χ2v) is 10.9. The summed E-state index contributed by atoms with van der Waals surface area (Å²) in [7, 11) is 0. The number of nitrogens with two attached hydrogens (primary N) is 1. The van der Waals surface area contributed by atoms with Gasteiger partial charge in [-0.2, -0.15) is 0 Å². The van der Waals surface area contributed by atoms with Crippen LogP contribution in [0.25, 0.3) is 10.9 Å². The van der Waals surface area contributed by atoms with E-state index in [9.17, 15) is 9.59 Å². The van der Waals surface area contributed by atoms with E-state index < -0.39 is 11.4 Å². The lowest BCUT2D eigenvalue weighted by atomic mass is 9.71. The monoisotopic (exact) mass is 471 g/mol. The van der Waals surface area contributed by atoms with Crippen molar-refractivity contribution in [3.8, 4) is 0 Å². The van der Waals surface area contributed by atoms with Gasteiger partial charge in [-0.15, -0.1) is 0 Å². The molecule has 0 spiro atoms. The summed E-state index contributed by atoms with van der Waals surface area (Å²) in [5, 5.41) is 0.756. The number of anilines is 1. The molecule has 35 heavy (non-hydrogen) atoms. The molecule has 0 unspecified atom stereocenters. The minimum atomic E-state index is -0.593. The van der Waals surface area contributed by atoms with Crippen molar-refractivity contribution < 1.29 is 9.59 Å². The molecule has 7 heteroatoms. The summed E-state index contributed by atoms with van der Waals surface area (Å²) in [6.07, 6.45) is 6.92. The molecular weight excluding hydrogens is 438 g/mol. The third-order valence-corrected chi connectivity index (χ3v) is 8.94. The maximum absolute atomic E-state index is 13.7. The third-order valence-electron chi connectivity index (χ3n) is 8.94. The number of pyridine rings is 1. The summed E-state index contributed by atoms with van der Waals surface area (Å²) in [6, 6.07) is 8.98. The number of rotatable bonds is 3. The zero-order valence-corrected chi connectivity index (χ0v) is 20.8. The van der Waals surface area contributed by atoms with Crippen LogP contribution >= 0.6 is 0 Å². The number of hydrogen-bond donors (Lipinski definition) is 1. The Labute approximate surface area is 205 Å². The number of hydrogen-bond acceptors (Lipinski definition) is 5. The maximum Gasteiger partial charge on any atom is 0.323 e. The lowest BCUT2D eigenvalue weighted by Crippen LogP contribution is -2.60. The number of aromatic nitrogens is 2. The molecule has 2 aliphatic carbocycles. The Balaban J connectivity index is 1.39. The lowest BCUT2D eigenvalue weighted by Gasteiger charge is -2.53. The molecule has 0 radical (unpaired) electrons. The van der Waals surface area contributed by atoms with Crippen LogP contribution < -0.4 is 10.6 Å². The Kier molecular flexibility index (Phi) is 4.87. The fourth-order valence-electron chi connectivity index (χ4n) is 6.76. The Morgan fingerprint density at radius 3 is 2.46 bits per heavy atom. The van der Waals surface area contributed by atoms with E-state index in [1.165, 1.54) is 30.3 Å². The van der Waals surface area contributed by atoms with Gasteiger partial charge in [0.15, 0.2) is 5.78 Å². The van der Waals surface area contributed by atoms with Crippen LogP contribution in [-0.4, -0.2) is 58.0 Å². The normalized spacial score (nSPS) is 20.9. The van der Waals surface area contributed by atoms with E-state index in [4.69, 9.17) is 10.7 Å². The highest BCUT2D eigenvalue weighted by atomic mass is 16.2. The van der Waals surface area contributed by atoms with Gasteiger partial charge < -0.3 is 10.6 Å². The highest BCUT2D eigenvalue weighted by Gasteiger charge is 2.44. The van der Waals surface area contributed by atoms with E-state index in [1.54, 1.807) is 6.20 Å². The number of carbonyl (C=O) groups is 2.